The zero-order valence-corrected chi connectivity index (χ0v) is 13.5. The first kappa shape index (κ1) is 16.9. The van der Waals surface area contributed by atoms with Crippen LogP contribution in [0.5, 0.6) is 0 Å². The van der Waals surface area contributed by atoms with E-state index in [9.17, 15) is 8.42 Å². The summed E-state index contributed by atoms with van der Waals surface area (Å²) in [6, 6.07) is 0.457. The summed E-state index contributed by atoms with van der Waals surface area (Å²) in [5.74, 6) is 0.416. The molecule has 1 heterocycles. The van der Waals surface area contributed by atoms with Crippen molar-refractivity contribution in [1.82, 2.24) is 13.9 Å². The molecule has 1 fully saturated rings. The second kappa shape index (κ2) is 7.57. The molecule has 1 N–H and O–H groups in total. The van der Waals surface area contributed by atoms with E-state index in [0.29, 0.717) is 38.1 Å². The van der Waals surface area contributed by atoms with E-state index in [4.69, 9.17) is 0 Å². The standard InChI is InChI=1S/C13H29N3O2S/c1-5-12-11-16(10-9-13(12)14-6-2)19(17,18)15(7-3)8-4/h12-14H,5-11H2,1-4H3. The zero-order chi connectivity index (χ0) is 14.5. The third kappa shape index (κ3) is 3.90. The maximum Gasteiger partial charge on any atom is 0.281 e. The molecule has 6 heteroatoms. The quantitative estimate of drug-likeness (QED) is 0.769. The van der Waals surface area contributed by atoms with Crippen LogP contribution in [0.2, 0.25) is 0 Å². The summed E-state index contributed by atoms with van der Waals surface area (Å²) in [5, 5.41) is 3.48. The van der Waals surface area contributed by atoms with E-state index in [2.05, 4.69) is 19.2 Å². The van der Waals surface area contributed by atoms with Gasteiger partial charge in [-0.05, 0) is 18.9 Å². The van der Waals surface area contributed by atoms with Crippen molar-refractivity contribution < 1.29 is 8.42 Å². The van der Waals surface area contributed by atoms with E-state index in [1.807, 2.05) is 13.8 Å². The van der Waals surface area contributed by atoms with E-state index in [0.717, 1.165) is 19.4 Å². The van der Waals surface area contributed by atoms with Crippen LogP contribution in [0.1, 0.15) is 40.5 Å². The van der Waals surface area contributed by atoms with Crippen LogP contribution in [-0.4, -0.2) is 55.8 Å². The Bertz CT molecular complexity index is 355. The molecule has 0 saturated carbocycles. The number of nitrogens with zero attached hydrogens (tertiary/aromatic N) is 2. The topological polar surface area (TPSA) is 52.7 Å². The summed E-state index contributed by atoms with van der Waals surface area (Å²) in [6.07, 6.45) is 1.93. The molecule has 1 aliphatic heterocycles. The Morgan fingerprint density at radius 2 is 1.84 bits per heavy atom. The van der Waals surface area contributed by atoms with Gasteiger partial charge in [0.1, 0.15) is 0 Å². The van der Waals surface area contributed by atoms with Gasteiger partial charge in [0.2, 0.25) is 0 Å². The lowest BCUT2D eigenvalue weighted by Crippen LogP contribution is -2.54. The monoisotopic (exact) mass is 291 g/mol. The lowest BCUT2D eigenvalue weighted by molar-refractivity contribution is 0.195. The molecule has 0 aromatic carbocycles. The highest BCUT2D eigenvalue weighted by Gasteiger charge is 2.35. The Morgan fingerprint density at radius 3 is 2.32 bits per heavy atom. The molecule has 1 saturated heterocycles. The van der Waals surface area contributed by atoms with Crippen LogP contribution in [0.3, 0.4) is 0 Å². The normalized spacial score (nSPS) is 25.9. The molecule has 2 unspecified atom stereocenters. The smallest absolute Gasteiger partial charge is 0.281 e. The fraction of sp³-hybridized carbons (Fsp3) is 1.00. The Kier molecular flexibility index (Phi) is 6.73. The van der Waals surface area contributed by atoms with Crippen LogP contribution >= 0.6 is 0 Å². The first-order valence-electron chi connectivity index (χ1n) is 7.49. The Balaban J connectivity index is 2.77. The predicted octanol–water partition coefficient (Wildman–Crippen LogP) is 1.28. The van der Waals surface area contributed by atoms with E-state index >= 15 is 0 Å². The average Bonchev–Trinajstić information content (AvgIpc) is 2.40. The molecular weight excluding hydrogens is 262 g/mol. The van der Waals surface area contributed by atoms with Gasteiger partial charge in [-0.1, -0.05) is 34.1 Å². The number of hydrogen-bond donors (Lipinski definition) is 1. The molecule has 0 aliphatic carbocycles. The van der Waals surface area contributed by atoms with Crippen LogP contribution in [0.25, 0.3) is 0 Å². The number of nitrogens with one attached hydrogen (secondary N) is 1. The second-order valence-electron chi connectivity index (χ2n) is 5.07. The van der Waals surface area contributed by atoms with Crippen molar-refractivity contribution in [3.8, 4) is 0 Å². The van der Waals surface area contributed by atoms with Crippen LogP contribution < -0.4 is 5.32 Å². The summed E-state index contributed by atoms with van der Waals surface area (Å²) in [4.78, 5) is 0. The van der Waals surface area contributed by atoms with Crippen molar-refractivity contribution in [3.05, 3.63) is 0 Å². The molecule has 1 rings (SSSR count). The van der Waals surface area contributed by atoms with Gasteiger partial charge in [0.15, 0.2) is 0 Å². The molecule has 5 nitrogen and oxygen atoms in total. The van der Waals surface area contributed by atoms with E-state index in [1.165, 1.54) is 0 Å². The van der Waals surface area contributed by atoms with Gasteiger partial charge in [-0.2, -0.15) is 17.0 Å². The van der Waals surface area contributed by atoms with Crippen molar-refractivity contribution in [2.75, 3.05) is 32.7 Å². The second-order valence-corrected chi connectivity index (χ2v) is 7.00. The third-order valence-corrected chi connectivity index (χ3v) is 6.20. The summed E-state index contributed by atoms with van der Waals surface area (Å²) in [6.45, 7) is 11.3. The number of hydrogen-bond acceptors (Lipinski definition) is 3. The molecule has 19 heavy (non-hydrogen) atoms. The molecule has 114 valence electrons. The molecule has 0 radical (unpaired) electrons. The fourth-order valence-corrected chi connectivity index (χ4v) is 4.56. The highest BCUT2D eigenvalue weighted by atomic mass is 32.2. The molecular formula is C13H29N3O2S. The Hall–Kier alpha value is -0.170. The van der Waals surface area contributed by atoms with E-state index in [-0.39, 0.29) is 0 Å². The van der Waals surface area contributed by atoms with Crippen LogP contribution in [0.15, 0.2) is 0 Å². The van der Waals surface area contributed by atoms with Gasteiger partial charge in [-0.15, -0.1) is 0 Å². The van der Waals surface area contributed by atoms with Crippen molar-refractivity contribution in [2.45, 2.75) is 46.6 Å². The first-order valence-corrected chi connectivity index (χ1v) is 8.89. The lowest BCUT2D eigenvalue weighted by Gasteiger charge is -2.39. The van der Waals surface area contributed by atoms with Crippen molar-refractivity contribution in [3.63, 3.8) is 0 Å². The minimum atomic E-state index is -3.27. The van der Waals surface area contributed by atoms with E-state index in [1.54, 1.807) is 8.61 Å². The van der Waals surface area contributed by atoms with Gasteiger partial charge < -0.3 is 5.32 Å². The maximum atomic E-state index is 12.5. The van der Waals surface area contributed by atoms with Crippen LogP contribution in [0.4, 0.5) is 0 Å². The molecule has 1 aliphatic rings. The number of piperidine rings is 1. The lowest BCUT2D eigenvalue weighted by atomic mass is 9.91. The maximum absolute atomic E-state index is 12.5. The van der Waals surface area contributed by atoms with Gasteiger partial charge in [-0.25, -0.2) is 0 Å². The summed E-state index contributed by atoms with van der Waals surface area (Å²) in [5.41, 5.74) is 0. The molecule has 0 aromatic heterocycles. The summed E-state index contributed by atoms with van der Waals surface area (Å²) >= 11 is 0. The van der Waals surface area contributed by atoms with Crippen molar-refractivity contribution in [2.24, 2.45) is 5.92 Å². The van der Waals surface area contributed by atoms with Gasteiger partial charge in [0.05, 0.1) is 0 Å². The van der Waals surface area contributed by atoms with Crippen LogP contribution in [-0.2, 0) is 10.2 Å². The third-order valence-electron chi connectivity index (χ3n) is 4.05. The Morgan fingerprint density at radius 1 is 1.21 bits per heavy atom. The summed E-state index contributed by atoms with van der Waals surface area (Å²) in [7, 11) is -3.27. The molecule has 0 aromatic rings. The minimum absolute atomic E-state index is 0.416. The highest BCUT2D eigenvalue weighted by molar-refractivity contribution is 7.86. The largest absolute Gasteiger partial charge is 0.314 e. The first-order chi connectivity index (χ1) is 9.01. The average molecular weight is 291 g/mol. The fourth-order valence-electron chi connectivity index (χ4n) is 2.87. The van der Waals surface area contributed by atoms with Crippen LogP contribution in [0, 0.1) is 5.92 Å². The zero-order valence-electron chi connectivity index (χ0n) is 12.7. The van der Waals surface area contributed by atoms with E-state index < -0.39 is 10.2 Å². The number of rotatable bonds is 7. The predicted molar refractivity (Wildman–Crippen MR) is 79.3 cm³/mol. The SMILES string of the molecule is CCNC1CCN(S(=O)(=O)N(CC)CC)CC1CC. The summed E-state index contributed by atoms with van der Waals surface area (Å²) < 4.78 is 28.2. The van der Waals surface area contributed by atoms with Crippen molar-refractivity contribution >= 4 is 10.2 Å². The van der Waals surface area contributed by atoms with Gasteiger partial charge >= 0.3 is 0 Å². The molecule has 0 spiro atoms. The van der Waals surface area contributed by atoms with Gasteiger partial charge in [0, 0.05) is 32.2 Å². The van der Waals surface area contributed by atoms with Gasteiger partial charge in [0.25, 0.3) is 10.2 Å². The highest BCUT2D eigenvalue weighted by Crippen LogP contribution is 2.23. The molecule has 0 bridgehead atoms. The Labute approximate surface area is 118 Å². The minimum Gasteiger partial charge on any atom is -0.314 e. The van der Waals surface area contributed by atoms with Gasteiger partial charge in [-0.3, -0.25) is 0 Å². The van der Waals surface area contributed by atoms with Crippen molar-refractivity contribution in [1.29, 1.82) is 0 Å². The molecule has 2 atom stereocenters. The molecule has 0 amide bonds.